The van der Waals surface area contributed by atoms with Crippen molar-refractivity contribution >= 4 is 11.9 Å². The number of methoxy groups -OCH3 is 1. The third kappa shape index (κ3) is 3.18. The molecule has 6 nitrogen and oxygen atoms in total. The number of benzene rings is 1. The van der Waals surface area contributed by atoms with E-state index in [-0.39, 0.29) is 19.0 Å². The number of hydrogen-bond donors (Lipinski definition) is 1. The van der Waals surface area contributed by atoms with Crippen molar-refractivity contribution in [1.29, 1.82) is 0 Å². The van der Waals surface area contributed by atoms with Crippen molar-refractivity contribution in [1.82, 2.24) is 9.97 Å². The highest BCUT2D eigenvalue weighted by atomic mass is 19.3. The number of anilines is 1. The van der Waals surface area contributed by atoms with Gasteiger partial charge >= 0.3 is 5.97 Å². The molecule has 1 aromatic heterocycles. The summed E-state index contributed by atoms with van der Waals surface area (Å²) in [6.07, 6.45) is -1.21. The van der Waals surface area contributed by atoms with Gasteiger partial charge in [-0.2, -0.15) is 0 Å². The average molecular weight is 363 g/mol. The van der Waals surface area contributed by atoms with E-state index in [1.807, 2.05) is 12.1 Å². The van der Waals surface area contributed by atoms with Crippen molar-refractivity contribution in [2.75, 3.05) is 25.1 Å². The first kappa shape index (κ1) is 18.0. The van der Waals surface area contributed by atoms with Gasteiger partial charge in [0.2, 0.25) is 12.4 Å². The number of carbonyl (C=O) groups is 1. The van der Waals surface area contributed by atoms with Gasteiger partial charge in [-0.05, 0) is 30.3 Å². The van der Waals surface area contributed by atoms with Crippen molar-refractivity contribution in [3.63, 3.8) is 0 Å². The van der Waals surface area contributed by atoms with E-state index >= 15 is 0 Å². The highest BCUT2D eigenvalue weighted by Gasteiger charge is 2.53. The second-order valence-corrected chi connectivity index (χ2v) is 6.55. The Morgan fingerprint density at radius 1 is 1.35 bits per heavy atom. The number of alkyl halides is 2. The Morgan fingerprint density at radius 3 is 2.58 bits per heavy atom. The van der Waals surface area contributed by atoms with Crippen LogP contribution in [0, 0.1) is 11.3 Å². The quantitative estimate of drug-likeness (QED) is 0.880. The van der Waals surface area contributed by atoms with E-state index < -0.39 is 23.7 Å². The Morgan fingerprint density at radius 2 is 2.04 bits per heavy atom. The molecule has 0 radical (unpaired) electrons. The molecule has 2 heterocycles. The Hall–Kier alpha value is -2.77. The number of halogens is 2. The lowest BCUT2D eigenvalue weighted by molar-refractivity contribution is -0.148. The lowest BCUT2D eigenvalue weighted by Gasteiger charge is -2.26. The Kier molecular flexibility index (Phi) is 4.76. The number of carboxylic acid groups (broad SMARTS) is 1. The predicted octanol–water partition coefficient (Wildman–Crippen LogP) is 2.94. The molecule has 2 aromatic rings. The van der Waals surface area contributed by atoms with Crippen LogP contribution in [0.5, 0.6) is 5.75 Å². The molecule has 1 fully saturated rings. The van der Waals surface area contributed by atoms with Crippen molar-refractivity contribution in [2.24, 2.45) is 11.3 Å². The molecule has 1 aliphatic rings. The summed E-state index contributed by atoms with van der Waals surface area (Å²) in [5.41, 5.74) is -0.207. The van der Waals surface area contributed by atoms with Gasteiger partial charge in [-0.25, -0.2) is 18.7 Å². The van der Waals surface area contributed by atoms with Gasteiger partial charge in [0.15, 0.2) is 0 Å². The summed E-state index contributed by atoms with van der Waals surface area (Å²) in [4.78, 5) is 21.5. The molecule has 0 saturated carbocycles. The van der Waals surface area contributed by atoms with Crippen LogP contribution in [0.4, 0.5) is 14.7 Å². The van der Waals surface area contributed by atoms with Gasteiger partial charge in [-0.1, -0.05) is 6.92 Å². The summed E-state index contributed by atoms with van der Waals surface area (Å²) in [6, 6.07) is 8.96. The molecule has 26 heavy (non-hydrogen) atoms. The molecule has 3 rings (SSSR count). The Labute approximate surface area is 149 Å². The minimum Gasteiger partial charge on any atom is -0.497 e. The fraction of sp³-hybridized carbons (Fsp3) is 0.389. The van der Waals surface area contributed by atoms with E-state index in [0.29, 0.717) is 11.4 Å². The van der Waals surface area contributed by atoms with Crippen LogP contribution in [-0.4, -0.2) is 47.7 Å². The highest BCUT2D eigenvalue weighted by molar-refractivity contribution is 5.73. The normalized spacial score (nSPS) is 22.7. The molecule has 138 valence electrons. The largest absolute Gasteiger partial charge is 0.497 e. The molecule has 1 aliphatic heterocycles. The molecule has 0 amide bonds. The fourth-order valence-electron chi connectivity index (χ4n) is 3.17. The number of carboxylic acids is 1. The average Bonchev–Trinajstić information content (AvgIpc) is 3.01. The maximum atomic E-state index is 13.5. The molecule has 0 spiro atoms. The van der Waals surface area contributed by atoms with Gasteiger partial charge in [-0.15, -0.1) is 0 Å². The minimum absolute atomic E-state index is 0.0533. The van der Waals surface area contributed by atoms with E-state index in [2.05, 4.69) is 9.97 Å². The van der Waals surface area contributed by atoms with Gasteiger partial charge in [0.25, 0.3) is 0 Å². The van der Waals surface area contributed by atoms with E-state index in [4.69, 9.17) is 4.74 Å². The van der Waals surface area contributed by atoms with Crippen molar-refractivity contribution in [3.05, 3.63) is 36.5 Å². The molecule has 0 aliphatic carbocycles. The first-order valence-electron chi connectivity index (χ1n) is 8.08. The van der Waals surface area contributed by atoms with Crippen LogP contribution in [-0.2, 0) is 4.79 Å². The van der Waals surface area contributed by atoms with Crippen LogP contribution in [0.25, 0.3) is 11.3 Å². The number of aliphatic carboxylic acids is 1. The maximum absolute atomic E-state index is 13.5. The summed E-state index contributed by atoms with van der Waals surface area (Å²) in [7, 11) is 1.57. The molecule has 0 bridgehead atoms. The third-order valence-electron chi connectivity index (χ3n) is 4.84. The highest BCUT2D eigenvalue weighted by Crippen LogP contribution is 2.42. The number of nitrogens with zero attached hydrogens (tertiary/aromatic N) is 3. The Balaban J connectivity index is 1.89. The van der Waals surface area contributed by atoms with Crippen LogP contribution in [0.3, 0.4) is 0 Å². The Bertz CT molecular complexity index is 801. The van der Waals surface area contributed by atoms with E-state index in [1.165, 1.54) is 18.0 Å². The predicted molar refractivity (Wildman–Crippen MR) is 91.5 cm³/mol. The van der Waals surface area contributed by atoms with Crippen molar-refractivity contribution in [2.45, 2.75) is 13.3 Å². The van der Waals surface area contributed by atoms with Crippen LogP contribution >= 0.6 is 0 Å². The minimum atomic E-state index is -2.75. The zero-order valence-corrected chi connectivity index (χ0v) is 14.4. The molecule has 2 unspecified atom stereocenters. The number of aromatic nitrogens is 2. The van der Waals surface area contributed by atoms with Crippen molar-refractivity contribution < 1.29 is 23.4 Å². The van der Waals surface area contributed by atoms with E-state index in [1.54, 1.807) is 25.3 Å². The first-order chi connectivity index (χ1) is 12.3. The van der Waals surface area contributed by atoms with Gasteiger partial charge in [0.05, 0.1) is 24.1 Å². The van der Waals surface area contributed by atoms with Gasteiger partial charge in [0.1, 0.15) is 5.75 Å². The lowest BCUT2D eigenvalue weighted by atomic mass is 9.80. The summed E-state index contributed by atoms with van der Waals surface area (Å²) >= 11 is 0. The molecule has 8 heteroatoms. The smallest absolute Gasteiger partial charge is 0.309 e. The lowest BCUT2D eigenvalue weighted by Crippen LogP contribution is -2.38. The topological polar surface area (TPSA) is 75.5 Å². The summed E-state index contributed by atoms with van der Waals surface area (Å²) in [5.74, 6) is -1.47. The second-order valence-electron chi connectivity index (χ2n) is 6.55. The molecular weight excluding hydrogens is 344 g/mol. The zero-order valence-electron chi connectivity index (χ0n) is 14.4. The van der Waals surface area contributed by atoms with Crippen LogP contribution in [0.15, 0.2) is 36.5 Å². The van der Waals surface area contributed by atoms with E-state index in [9.17, 15) is 18.7 Å². The summed E-state index contributed by atoms with van der Waals surface area (Å²) in [6.45, 7) is 1.12. The van der Waals surface area contributed by atoms with Gasteiger partial charge in [-0.3, -0.25) is 4.79 Å². The summed E-state index contributed by atoms with van der Waals surface area (Å²) < 4.78 is 32.1. The number of hydrogen-bond acceptors (Lipinski definition) is 5. The maximum Gasteiger partial charge on any atom is 0.309 e. The summed E-state index contributed by atoms with van der Waals surface area (Å²) in [5, 5.41) is 9.33. The zero-order chi connectivity index (χ0) is 18.9. The standard InChI is InChI=1S/C18H19F2N3O3/c1-18(16(19)20)10-23(9-13(18)15(24)25)17-21-8-7-14(22-17)11-3-5-12(26-2)6-4-11/h3-8,13,16H,9-10H2,1-2H3,(H,24,25). The molecule has 1 saturated heterocycles. The van der Waals surface area contributed by atoms with Crippen LogP contribution < -0.4 is 9.64 Å². The van der Waals surface area contributed by atoms with Gasteiger partial charge < -0.3 is 14.7 Å². The SMILES string of the molecule is COc1ccc(-c2ccnc(N3CC(C(=O)O)C(C)(C(F)F)C3)n2)cc1. The third-order valence-corrected chi connectivity index (χ3v) is 4.84. The number of ether oxygens (including phenoxy) is 1. The monoisotopic (exact) mass is 363 g/mol. The second kappa shape index (κ2) is 6.86. The van der Waals surface area contributed by atoms with Crippen LogP contribution in [0.2, 0.25) is 0 Å². The molecule has 1 N–H and O–H groups in total. The first-order valence-corrected chi connectivity index (χ1v) is 8.08. The van der Waals surface area contributed by atoms with Crippen molar-refractivity contribution in [3.8, 4) is 17.0 Å². The molecule has 2 atom stereocenters. The molecular formula is C18H19F2N3O3. The fourth-order valence-corrected chi connectivity index (χ4v) is 3.17. The van der Waals surface area contributed by atoms with E-state index in [0.717, 1.165) is 5.56 Å². The van der Waals surface area contributed by atoms with Gasteiger partial charge in [0, 0.05) is 24.8 Å². The number of rotatable bonds is 5. The molecule has 1 aromatic carbocycles. The van der Waals surface area contributed by atoms with Crippen LogP contribution in [0.1, 0.15) is 6.92 Å².